The molecule has 0 amide bonds. The fourth-order valence-corrected chi connectivity index (χ4v) is 1.73. The van der Waals surface area contributed by atoms with Crippen LogP contribution in [-0.4, -0.2) is 12.3 Å². The summed E-state index contributed by atoms with van der Waals surface area (Å²) < 4.78 is 5.07. The van der Waals surface area contributed by atoms with Gasteiger partial charge in [0.2, 0.25) is 0 Å². The Bertz CT molecular complexity index is 565. The highest BCUT2D eigenvalue weighted by atomic mass is 35.5. The maximum Gasteiger partial charge on any atom is 0.156 e. The molecule has 0 saturated carbocycles. The van der Waals surface area contributed by atoms with Gasteiger partial charge in [-0.3, -0.25) is 5.43 Å². The lowest BCUT2D eigenvalue weighted by molar-refractivity contribution is 0.415. The molecule has 0 aliphatic heterocycles. The molecule has 0 spiro atoms. The first-order valence-electron chi connectivity index (χ1n) is 5.58. The highest BCUT2D eigenvalue weighted by molar-refractivity contribution is 6.69. The number of rotatable bonds is 4. The van der Waals surface area contributed by atoms with Gasteiger partial charge in [-0.2, -0.15) is 5.10 Å². The van der Waals surface area contributed by atoms with E-state index in [4.69, 9.17) is 27.9 Å². The Hall–Kier alpha value is -1.71. The molecule has 0 heterocycles. The van der Waals surface area contributed by atoms with Gasteiger partial charge in [-0.25, -0.2) is 0 Å². The van der Waals surface area contributed by atoms with Gasteiger partial charge in [-0.15, -0.1) is 0 Å². The number of halogens is 2. The summed E-state index contributed by atoms with van der Waals surface area (Å²) in [7, 11) is 1.62. The van der Waals surface area contributed by atoms with Crippen LogP contribution >= 0.6 is 23.2 Å². The smallest absolute Gasteiger partial charge is 0.156 e. The molecule has 0 aliphatic rings. The molecule has 1 N–H and O–H groups in total. The number of hydrogen-bond donors (Lipinski definition) is 1. The third kappa shape index (κ3) is 3.88. The van der Waals surface area contributed by atoms with Gasteiger partial charge in [-0.1, -0.05) is 35.3 Å². The molecular weight excluding hydrogens is 283 g/mol. The molecule has 0 saturated heterocycles. The van der Waals surface area contributed by atoms with Gasteiger partial charge >= 0.3 is 0 Å². The van der Waals surface area contributed by atoms with Crippen molar-refractivity contribution in [2.75, 3.05) is 12.5 Å². The van der Waals surface area contributed by atoms with Crippen LogP contribution in [0.1, 0.15) is 5.56 Å². The summed E-state index contributed by atoms with van der Waals surface area (Å²) in [5.74, 6) is 0.790. The number of nitrogens with one attached hydrogen (secondary N) is 1. The second-order valence-electron chi connectivity index (χ2n) is 3.75. The van der Waals surface area contributed by atoms with Crippen LogP contribution in [-0.2, 0) is 0 Å². The Labute approximate surface area is 121 Å². The van der Waals surface area contributed by atoms with Crippen molar-refractivity contribution >= 4 is 34.1 Å². The number of hydrazone groups is 1. The van der Waals surface area contributed by atoms with Gasteiger partial charge in [0, 0.05) is 10.6 Å². The zero-order valence-electron chi connectivity index (χ0n) is 10.2. The summed E-state index contributed by atoms with van der Waals surface area (Å²) in [4.78, 5) is 0. The van der Waals surface area contributed by atoms with E-state index in [0.29, 0.717) is 10.2 Å². The number of hydrogen-bond acceptors (Lipinski definition) is 3. The average Bonchev–Trinajstić information content (AvgIpc) is 2.46. The van der Waals surface area contributed by atoms with Gasteiger partial charge in [-0.05, 0) is 36.4 Å². The van der Waals surface area contributed by atoms with E-state index in [-0.39, 0.29) is 0 Å². The molecule has 3 nitrogen and oxygen atoms in total. The standard InChI is InChI=1S/C14H12Cl2N2O/c1-19-13-8-6-12(7-9-13)17-18-14(16)10-2-4-11(15)5-3-10/h2-9,17H,1H3/b18-14-. The Morgan fingerprint density at radius 1 is 1.05 bits per heavy atom. The largest absolute Gasteiger partial charge is 0.497 e. The molecular formula is C14H12Cl2N2O. The van der Waals surface area contributed by atoms with Crippen molar-refractivity contribution in [2.45, 2.75) is 0 Å². The lowest BCUT2D eigenvalue weighted by Crippen LogP contribution is -1.97. The molecule has 2 aromatic rings. The summed E-state index contributed by atoms with van der Waals surface area (Å²) in [6, 6.07) is 14.5. The van der Waals surface area contributed by atoms with E-state index in [1.54, 1.807) is 19.2 Å². The molecule has 98 valence electrons. The fraction of sp³-hybridized carbons (Fsp3) is 0.0714. The first-order chi connectivity index (χ1) is 9.19. The second kappa shape index (κ2) is 6.45. The van der Waals surface area contributed by atoms with Crippen LogP contribution in [0, 0.1) is 0 Å². The predicted octanol–water partition coefficient (Wildman–Crippen LogP) is 4.36. The molecule has 0 radical (unpaired) electrons. The topological polar surface area (TPSA) is 33.6 Å². The fourth-order valence-electron chi connectivity index (χ4n) is 1.43. The minimum atomic E-state index is 0.368. The molecule has 0 fully saturated rings. The summed E-state index contributed by atoms with van der Waals surface area (Å²) >= 11 is 11.9. The van der Waals surface area contributed by atoms with Crippen molar-refractivity contribution in [3.05, 3.63) is 59.1 Å². The van der Waals surface area contributed by atoms with Crippen LogP contribution in [0.15, 0.2) is 53.6 Å². The Morgan fingerprint density at radius 2 is 1.68 bits per heavy atom. The van der Waals surface area contributed by atoms with Crippen LogP contribution in [0.4, 0.5) is 5.69 Å². The molecule has 19 heavy (non-hydrogen) atoms. The van der Waals surface area contributed by atoms with Crippen molar-refractivity contribution in [1.82, 2.24) is 0 Å². The Morgan fingerprint density at radius 3 is 2.26 bits per heavy atom. The van der Waals surface area contributed by atoms with Gasteiger partial charge in [0.1, 0.15) is 5.75 Å². The first kappa shape index (κ1) is 13.7. The first-order valence-corrected chi connectivity index (χ1v) is 6.34. The molecule has 2 aromatic carbocycles. The van der Waals surface area contributed by atoms with Gasteiger partial charge in [0.05, 0.1) is 12.8 Å². The molecule has 0 atom stereocenters. The number of benzene rings is 2. The van der Waals surface area contributed by atoms with Crippen LogP contribution < -0.4 is 10.2 Å². The Kier molecular flexibility index (Phi) is 4.66. The van der Waals surface area contributed by atoms with Gasteiger partial charge in [0.15, 0.2) is 5.17 Å². The minimum absolute atomic E-state index is 0.368. The molecule has 0 aromatic heterocycles. The molecule has 5 heteroatoms. The van der Waals surface area contributed by atoms with Crippen LogP contribution in [0.3, 0.4) is 0 Å². The zero-order chi connectivity index (χ0) is 13.7. The predicted molar refractivity (Wildman–Crippen MR) is 80.5 cm³/mol. The van der Waals surface area contributed by atoms with Gasteiger partial charge < -0.3 is 4.74 Å². The highest BCUT2D eigenvalue weighted by Gasteiger charge is 2.00. The maximum absolute atomic E-state index is 6.09. The van der Waals surface area contributed by atoms with Crippen molar-refractivity contribution < 1.29 is 4.74 Å². The lowest BCUT2D eigenvalue weighted by atomic mass is 10.2. The van der Waals surface area contributed by atoms with Crippen molar-refractivity contribution in [2.24, 2.45) is 5.10 Å². The summed E-state index contributed by atoms with van der Waals surface area (Å²) in [5, 5.41) is 5.13. The summed E-state index contributed by atoms with van der Waals surface area (Å²) in [5.41, 5.74) is 4.50. The molecule has 0 unspecified atom stereocenters. The van der Waals surface area contributed by atoms with Crippen LogP contribution in [0.2, 0.25) is 5.02 Å². The minimum Gasteiger partial charge on any atom is -0.497 e. The van der Waals surface area contributed by atoms with Crippen molar-refractivity contribution in [3.63, 3.8) is 0 Å². The average molecular weight is 295 g/mol. The lowest BCUT2D eigenvalue weighted by Gasteiger charge is -2.04. The van der Waals surface area contributed by atoms with E-state index in [9.17, 15) is 0 Å². The zero-order valence-corrected chi connectivity index (χ0v) is 11.7. The van der Waals surface area contributed by atoms with E-state index >= 15 is 0 Å². The van der Waals surface area contributed by atoms with Crippen LogP contribution in [0.25, 0.3) is 0 Å². The highest BCUT2D eigenvalue weighted by Crippen LogP contribution is 2.16. The van der Waals surface area contributed by atoms with Crippen LogP contribution in [0.5, 0.6) is 5.75 Å². The normalized spacial score (nSPS) is 11.2. The SMILES string of the molecule is COc1ccc(N/N=C(\Cl)c2ccc(Cl)cc2)cc1. The van der Waals surface area contributed by atoms with E-state index in [0.717, 1.165) is 17.0 Å². The van der Waals surface area contributed by atoms with E-state index in [2.05, 4.69) is 10.5 Å². The maximum atomic E-state index is 6.09. The van der Waals surface area contributed by atoms with E-state index < -0.39 is 0 Å². The summed E-state index contributed by atoms with van der Waals surface area (Å²) in [6.45, 7) is 0. The number of nitrogens with zero attached hydrogens (tertiary/aromatic N) is 1. The third-order valence-corrected chi connectivity index (χ3v) is 3.01. The monoisotopic (exact) mass is 294 g/mol. The van der Waals surface area contributed by atoms with E-state index in [1.165, 1.54) is 0 Å². The number of ether oxygens (including phenoxy) is 1. The molecule has 0 bridgehead atoms. The number of methoxy groups -OCH3 is 1. The van der Waals surface area contributed by atoms with Crippen molar-refractivity contribution in [1.29, 1.82) is 0 Å². The molecule has 2 rings (SSSR count). The number of anilines is 1. The second-order valence-corrected chi connectivity index (χ2v) is 4.54. The van der Waals surface area contributed by atoms with Crippen molar-refractivity contribution in [3.8, 4) is 5.75 Å². The van der Waals surface area contributed by atoms with E-state index in [1.807, 2.05) is 36.4 Å². The van der Waals surface area contributed by atoms with Gasteiger partial charge in [0.25, 0.3) is 0 Å². The Balaban J connectivity index is 2.06. The molecule has 0 aliphatic carbocycles. The summed E-state index contributed by atoms with van der Waals surface area (Å²) in [6.07, 6.45) is 0. The third-order valence-electron chi connectivity index (χ3n) is 2.46. The quantitative estimate of drug-likeness (QED) is 0.671.